The van der Waals surface area contributed by atoms with Crippen molar-refractivity contribution < 1.29 is 14.6 Å². The first-order valence-corrected chi connectivity index (χ1v) is 3.72. The third-order valence-electron chi connectivity index (χ3n) is 1.15. The van der Waals surface area contributed by atoms with Crippen LogP contribution in [0.2, 0.25) is 10.2 Å². The molecule has 0 radical (unpaired) electrons. The van der Waals surface area contributed by atoms with E-state index in [0.717, 1.165) is 0 Å². The number of rotatable bonds is 1. The summed E-state index contributed by atoms with van der Waals surface area (Å²) in [6, 6.07) is 1.35. The van der Waals surface area contributed by atoms with E-state index >= 15 is 0 Å². The lowest BCUT2D eigenvalue weighted by molar-refractivity contribution is -0.459. The molecule has 4 nitrogen and oxygen atoms in total. The predicted octanol–water partition coefficient (Wildman–Crippen LogP) is 0.989. The Morgan fingerprint density at radius 2 is 2.33 bits per heavy atom. The van der Waals surface area contributed by atoms with Crippen LogP contribution < -0.4 is 5.10 Å². The molecule has 1 N–H and O–H groups in total. The lowest BCUT2D eigenvalue weighted by Gasteiger charge is -1.93. The molecule has 0 fully saturated rings. The fourth-order valence-electron chi connectivity index (χ4n) is 0.617. The van der Waals surface area contributed by atoms with Gasteiger partial charge in [-0.25, -0.2) is 4.79 Å². The molecule has 6 heteroatoms. The molecular weight excluding hydrogens is 203 g/mol. The van der Waals surface area contributed by atoms with Gasteiger partial charge < -0.3 is 4.74 Å². The van der Waals surface area contributed by atoms with Crippen molar-refractivity contribution >= 4 is 29.2 Å². The van der Waals surface area contributed by atoms with Gasteiger partial charge in [-0.15, -0.1) is 0 Å². The van der Waals surface area contributed by atoms with Gasteiger partial charge in [0, 0.05) is 11.2 Å². The number of aromatic amines is 1. The predicted molar refractivity (Wildman–Crippen MR) is 42.2 cm³/mol. The first kappa shape index (κ1) is 9.22. The molecule has 1 aromatic rings. The Labute approximate surface area is 78.5 Å². The van der Waals surface area contributed by atoms with Crippen LogP contribution in [0.1, 0.15) is 10.5 Å². The Kier molecular flexibility index (Phi) is 2.83. The van der Waals surface area contributed by atoms with Crippen molar-refractivity contribution in [3.63, 3.8) is 0 Å². The second kappa shape index (κ2) is 3.69. The molecule has 0 saturated carbocycles. The highest BCUT2D eigenvalue weighted by Crippen LogP contribution is 2.14. The number of hydrogen-bond donors (Lipinski definition) is 0. The zero-order chi connectivity index (χ0) is 9.14. The van der Waals surface area contributed by atoms with Crippen LogP contribution in [-0.2, 0) is 4.74 Å². The van der Waals surface area contributed by atoms with Gasteiger partial charge in [0.2, 0.25) is 0 Å². The van der Waals surface area contributed by atoms with Crippen LogP contribution in [0.25, 0.3) is 0 Å². The molecule has 0 amide bonds. The molecule has 0 saturated heterocycles. The molecular formula is C6H5Cl2N2O2+. The first-order chi connectivity index (χ1) is 5.65. The summed E-state index contributed by atoms with van der Waals surface area (Å²) in [6.45, 7) is 0. The third kappa shape index (κ3) is 1.84. The van der Waals surface area contributed by atoms with E-state index in [1.165, 1.54) is 13.2 Å². The van der Waals surface area contributed by atoms with Crippen molar-refractivity contribution in [3.05, 3.63) is 21.9 Å². The summed E-state index contributed by atoms with van der Waals surface area (Å²) in [5, 5.41) is 6.30. The van der Waals surface area contributed by atoms with Gasteiger partial charge in [-0.2, -0.15) is 0 Å². The summed E-state index contributed by atoms with van der Waals surface area (Å²) in [4.78, 5) is 10.9. The summed E-state index contributed by atoms with van der Waals surface area (Å²) < 4.78 is 4.42. The van der Waals surface area contributed by atoms with Gasteiger partial charge >= 0.3 is 11.7 Å². The van der Waals surface area contributed by atoms with E-state index in [4.69, 9.17) is 23.2 Å². The second-order valence-electron chi connectivity index (χ2n) is 1.91. The van der Waals surface area contributed by atoms with Crippen LogP contribution in [0.4, 0.5) is 0 Å². The molecule has 0 aromatic carbocycles. The van der Waals surface area contributed by atoms with Gasteiger partial charge in [0.05, 0.1) is 7.11 Å². The highest BCUT2D eigenvalue weighted by atomic mass is 35.5. The zero-order valence-electron chi connectivity index (χ0n) is 6.10. The normalized spacial score (nSPS) is 9.58. The zero-order valence-corrected chi connectivity index (χ0v) is 7.61. The molecule has 0 bridgehead atoms. The molecule has 12 heavy (non-hydrogen) atoms. The number of methoxy groups -OCH3 is 1. The molecule has 0 atom stereocenters. The Bertz CT molecular complexity index is 316. The standard InChI is InChI=1S/C6H4Cl2N2O2/c1-12-6(11)5-3(7)2-4(8)9-10-5/h2H,1H3/p+1. The minimum Gasteiger partial charge on any atom is -0.461 e. The number of hydrogen-bond acceptors (Lipinski definition) is 3. The molecule has 1 aromatic heterocycles. The SMILES string of the molecule is COC(=O)c1[nH+]nc(Cl)cc1Cl. The average Bonchev–Trinajstić information content (AvgIpc) is 2.03. The van der Waals surface area contributed by atoms with E-state index < -0.39 is 5.97 Å². The maximum Gasteiger partial charge on any atom is 0.407 e. The molecule has 0 aliphatic rings. The average molecular weight is 208 g/mol. The molecule has 0 spiro atoms. The number of H-pyrrole nitrogens is 1. The van der Waals surface area contributed by atoms with E-state index in [1.807, 2.05) is 0 Å². The van der Waals surface area contributed by atoms with Crippen LogP contribution in [0.3, 0.4) is 0 Å². The summed E-state index contributed by atoms with van der Waals surface area (Å²) in [5.41, 5.74) is 0.0866. The van der Waals surface area contributed by atoms with Gasteiger partial charge in [0.1, 0.15) is 5.02 Å². The molecule has 1 heterocycles. The summed E-state index contributed by atoms with van der Waals surface area (Å²) in [7, 11) is 1.25. The van der Waals surface area contributed by atoms with Gasteiger partial charge in [-0.05, 0) is 0 Å². The van der Waals surface area contributed by atoms with Crippen molar-refractivity contribution in [3.8, 4) is 0 Å². The molecule has 0 aliphatic carbocycles. The maximum atomic E-state index is 10.9. The Balaban J connectivity index is 3.09. The number of carbonyl (C=O) groups is 1. The van der Waals surface area contributed by atoms with E-state index in [2.05, 4.69) is 14.9 Å². The van der Waals surface area contributed by atoms with E-state index in [0.29, 0.717) is 0 Å². The number of esters is 1. The topological polar surface area (TPSA) is 53.3 Å². The second-order valence-corrected chi connectivity index (χ2v) is 2.70. The summed E-state index contributed by atoms with van der Waals surface area (Å²) in [6.07, 6.45) is 0. The highest BCUT2D eigenvalue weighted by Gasteiger charge is 2.20. The molecule has 1 rings (SSSR count). The van der Waals surface area contributed by atoms with E-state index in [1.54, 1.807) is 0 Å². The number of nitrogens with one attached hydrogen (secondary N) is 1. The number of aromatic nitrogens is 2. The van der Waals surface area contributed by atoms with Crippen molar-refractivity contribution in [2.24, 2.45) is 0 Å². The largest absolute Gasteiger partial charge is 0.461 e. The third-order valence-corrected chi connectivity index (χ3v) is 1.64. The first-order valence-electron chi connectivity index (χ1n) is 2.97. The fourth-order valence-corrected chi connectivity index (χ4v) is 1.05. The number of carbonyl (C=O) groups excluding carboxylic acids is 1. The van der Waals surface area contributed by atoms with Gasteiger partial charge in [0.15, 0.2) is 5.15 Å². The van der Waals surface area contributed by atoms with Gasteiger partial charge in [-0.1, -0.05) is 28.3 Å². The van der Waals surface area contributed by atoms with Gasteiger partial charge in [-0.3, -0.25) is 0 Å². The summed E-state index contributed by atoms with van der Waals surface area (Å²) >= 11 is 11.1. The van der Waals surface area contributed by atoms with Crippen molar-refractivity contribution in [2.75, 3.05) is 7.11 Å². The summed E-state index contributed by atoms with van der Waals surface area (Å²) in [5.74, 6) is -0.579. The Morgan fingerprint density at radius 1 is 1.67 bits per heavy atom. The maximum absolute atomic E-state index is 10.9. The minimum atomic E-state index is -0.579. The quantitative estimate of drug-likeness (QED) is 0.646. The number of ether oxygens (including phenoxy) is 1. The monoisotopic (exact) mass is 207 g/mol. The van der Waals surface area contributed by atoms with Crippen molar-refractivity contribution in [1.82, 2.24) is 5.10 Å². The van der Waals surface area contributed by atoms with Crippen LogP contribution in [0.5, 0.6) is 0 Å². The van der Waals surface area contributed by atoms with Crippen molar-refractivity contribution in [2.45, 2.75) is 0 Å². The lowest BCUT2D eigenvalue weighted by atomic mass is 10.4. The van der Waals surface area contributed by atoms with E-state index in [9.17, 15) is 4.79 Å². The smallest absolute Gasteiger partial charge is 0.407 e. The molecule has 64 valence electrons. The van der Waals surface area contributed by atoms with Crippen LogP contribution in [-0.4, -0.2) is 18.2 Å². The number of halogens is 2. The highest BCUT2D eigenvalue weighted by molar-refractivity contribution is 6.35. The van der Waals surface area contributed by atoms with E-state index in [-0.39, 0.29) is 15.9 Å². The van der Waals surface area contributed by atoms with Crippen LogP contribution in [0.15, 0.2) is 6.07 Å². The molecule has 0 unspecified atom stereocenters. The van der Waals surface area contributed by atoms with Crippen LogP contribution >= 0.6 is 23.2 Å². The number of nitrogens with zero attached hydrogens (tertiary/aromatic N) is 1. The lowest BCUT2D eigenvalue weighted by Crippen LogP contribution is -2.22. The fraction of sp³-hybridized carbons (Fsp3) is 0.167. The Morgan fingerprint density at radius 3 is 2.83 bits per heavy atom. The Hall–Kier alpha value is -0.870. The van der Waals surface area contributed by atoms with Crippen LogP contribution in [0, 0.1) is 0 Å². The van der Waals surface area contributed by atoms with Crippen molar-refractivity contribution in [1.29, 1.82) is 0 Å². The molecule has 0 aliphatic heterocycles. The van der Waals surface area contributed by atoms with Gasteiger partial charge in [0.25, 0.3) is 0 Å². The minimum absolute atomic E-state index is 0.0866.